The molecule has 0 saturated carbocycles. The van der Waals surface area contributed by atoms with Crippen molar-refractivity contribution in [1.29, 1.82) is 0 Å². The van der Waals surface area contributed by atoms with Gasteiger partial charge in [-0.15, -0.1) is 11.3 Å². The van der Waals surface area contributed by atoms with Gasteiger partial charge in [-0.2, -0.15) is 13.2 Å². The zero-order chi connectivity index (χ0) is 25.5. The van der Waals surface area contributed by atoms with Crippen molar-refractivity contribution < 1.29 is 41.4 Å². The molecule has 1 aliphatic heterocycles. The Bertz CT molecular complexity index is 1310. The third kappa shape index (κ3) is 4.74. The second-order valence-corrected chi connectivity index (χ2v) is 8.72. The quantitative estimate of drug-likeness (QED) is 0.473. The first-order valence-corrected chi connectivity index (χ1v) is 10.9. The number of alkyl halides is 3. The standard InChI is InChI=1S/C23H15F5N2O4S/c24-14-2-1-3-15(25)18(14)19(31)29-20-17(22(33)34)13-8-9-30(10-16(13)35-20)21(32)11-4-6-12(7-5-11)23(26,27)28/h1-7H,8-10H2,(H,29,31)(H,33,34). The number of nitrogens with zero attached hydrogens (tertiary/aromatic N) is 1. The van der Waals surface area contributed by atoms with E-state index in [2.05, 4.69) is 5.32 Å². The summed E-state index contributed by atoms with van der Waals surface area (Å²) in [5, 5.41) is 11.8. The van der Waals surface area contributed by atoms with Gasteiger partial charge in [-0.25, -0.2) is 13.6 Å². The van der Waals surface area contributed by atoms with Gasteiger partial charge in [0.1, 0.15) is 22.2 Å². The molecule has 35 heavy (non-hydrogen) atoms. The number of halogens is 5. The fourth-order valence-corrected chi connectivity index (χ4v) is 5.01. The summed E-state index contributed by atoms with van der Waals surface area (Å²) in [6.45, 7) is 0.0310. The van der Waals surface area contributed by atoms with E-state index in [-0.39, 0.29) is 35.6 Å². The van der Waals surface area contributed by atoms with Crippen molar-refractivity contribution in [3.05, 3.63) is 86.8 Å². The summed E-state index contributed by atoms with van der Waals surface area (Å²) in [7, 11) is 0. The average molecular weight is 510 g/mol. The summed E-state index contributed by atoms with van der Waals surface area (Å²) in [5.74, 6) is -5.31. The number of nitrogens with one attached hydrogen (secondary N) is 1. The normalized spacial score (nSPS) is 13.3. The van der Waals surface area contributed by atoms with Crippen LogP contribution in [-0.2, 0) is 19.1 Å². The van der Waals surface area contributed by atoms with Crippen LogP contribution in [0.1, 0.15) is 47.1 Å². The van der Waals surface area contributed by atoms with E-state index in [1.807, 2.05) is 0 Å². The summed E-state index contributed by atoms with van der Waals surface area (Å²) in [6.07, 6.45) is -4.44. The topological polar surface area (TPSA) is 86.7 Å². The van der Waals surface area contributed by atoms with Crippen molar-refractivity contribution in [3.8, 4) is 0 Å². The molecular formula is C23H15F5N2O4S. The molecule has 0 atom stereocenters. The number of aromatic carboxylic acids is 1. The molecule has 0 bridgehead atoms. The van der Waals surface area contributed by atoms with Crippen LogP contribution in [0.2, 0.25) is 0 Å². The molecular weight excluding hydrogens is 495 g/mol. The fraction of sp³-hybridized carbons (Fsp3) is 0.174. The maximum atomic E-state index is 14.0. The average Bonchev–Trinajstić information content (AvgIpc) is 3.15. The first-order chi connectivity index (χ1) is 16.5. The van der Waals surface area contributed by atoms with Gasteiger partial charge in [0.05, 0.1) is 17.7 Å². The number of fused-ring (bicyclic) bond motifs is 1. The summed E-state index contributed by atoms with van der Waals surface area (Å²) < 4.78 is 66.2. The highest BCUT2D eigenvalue weighted by atomic mass is 32.1. The predicted molar refractivity (Wildman–Crippen MR) is 115 cm³/mol. The molecule has 0 unspecified atom stereocenters. The molecule has 12 heteroatoms. The van der Waals surface area contributed by atoms with Gasteiger partial charge in [-0.3, -0.25) is 9.59 Å². The minimum atomic E-state index is -4.54. The molecule has 2 heterocycles. The highest BCUT2D eigenvalue weighted by molar-refractivity contribution is 7.17. The Balaban J connectivity index is 1.59. The van der Waals surface area contributed by atoms with E-state index >= 15 is 0 Å². The lowest BCUT2D eigenvalue weighted by Gasteiger charge is -2.27. The minimum Gasteiger partial charge on any atom is -0.478 e. The number of hydrogen-bond acceptors (Lipinski definition) is 4. The first-order valence-electron chi connectivity index (χ1n) is 10.1. The van der Waals surface area contributed by atoms with Gasteiger partial charge in [0.2, 0.25) is 0 Å². The van der Waals surface area contributed by atoms with E-state index in [1.54, 1.807) is 0 Å². The molecule has 2 N–H and O–H groups in total. The van der Waals surface area contributed by atoms with Gasteiger partial charge in [-0.05, 0) is 48.4 Å². The zero-order valence-electron chi connectivity index (χ0n) is 17.6. The van der Waals surface area contributed by atoms with Crippen LogP contribution in [0.25, 0.3) is 0 Å². The monoisotopic (exact) mass is 510 g/mol. The van der Waals surface area contributed by atoms with E-state index in [1.165, 1.54) is 4.90 Å². The summed E-state index contributed by atoms with van der Waals surface area (Å²) in [6, 6.07) is 6.58. The fourth-order valence-electron chi connectivity index (χ4n) is 3.76. The van der Waals surface area contributed by atoms with Crippen molar-refractivity contribution in [2.24, 2.45) is 0 Å². The van der Waals surface area contributed by atoms with Crippen molar-refractivity contribution in [1.82, 2.24) is 4.90 Å². The number of carboxylic acid groups (broad SMARTS) is 1. The van der Waals surface area contributed by atoms with Crippen molar-refractivity contribution in [3.63, 3.8) is 0 Å². The number of thiophene rings is 1. The van der Waals surface area contributed by atoms with Gasteiger partial charge >= 0.3 is 12.1 Å². The molecule has 0 saturated heterocycles. The molecule has 0 spiro atoms. The van der Waals surface area contributed by atoms with E-state index < -0.39 is 46.7 Å². The predicted octanol–water partition coefficient (Wildman–Crippen LogP) is 5.19. The zero-order valence-corrected chi connectivity index (χ0v) is 18.4. The van der Waals surface area contributed by atoms with Crippen LogP contribution in [0.5, 0.6) is 0 Å². The van der Waals surface area contributed by atoms with E-state index in [0.29, 0.717) is 10.4 Å². The number of carbonyl (C=O) groups excluding carboxylic acids is 2. The van der Waals surface area contributed by atoms with Crippen molar-refractivity contribution >= 4 is 34.1 Å². The molecule has 1 aromatic heterocycles. The number of rotatable bonds is 4. The first kappa shape index (κ1) is 24.3. The number of hydrogen-bond donors (Lipinski definition) is 2. The third-order valence-corrected chi connectivity index (χ3v) is 6.57. The number of carboxylic acids is 1. The second kappa shape index (κ2) is 9.10. The molecule has 0 radical (unpaired) electrons. The summed E-state index contributed by atoms with van der Waals surface area (Å²) in [4.78, 5) is 39.0. The minimum absolute atomic E-state index is 0.0278. The van der Waals surface area contributed by atoms with Crippen LogP contribution in [0.15, 0.2) is 42.5 Å². The molecule has 0 aliphatic carbocycles. The number of carbonyl (C=O) groups is 3. The van der Waals surface area contributed by atoms with Crippen LogP contribution in [0, 0.1) is 11.6 Å². The van der Waals surface area contributed by atoms with Crippen LogP contribution in [0.4, 0.5) is 27.0 Å². The molecule has 1 aliphatic rings. The van der Waals surface area contributed by atoms with Gasteiger partial charge in [0, 0.05) is 17.0 Å². The van der Waals surface area contributed by atoms with Crippen LogP contribution in [0.3, 0.4) is 0 Å². The van der Waals surface area contributed by atoms with E-state index in [9.17, 15) is 41.4 Å². The Kier molecular flexibility index (Phi) is 6.32. The highest BCUT2D eigenvalue weighted by Crippen LogP contribution is 2.38. The summed E-state index contributed by atoms with van der Waals surface area (Å²) >= 11 is 0.847. The maximum absolute atomic E-state index is 14.0. The summed E-state index contributed by atoms with van der Waals surface area (Å²) in [5.41, 5.74) is -1.61. The Hall–Kier alpha value is -3.80. The number of benzene rings is 2. The molecule has 6 nitrogen and oxygen atoms in total. The van der Waals surface area contributed by atoms with Gasteiger partial charge in [0.15, 0.2) is 0 Å². The van der Waals surface area contributed by atoms with Crippen LogP contribution in [-0.4, -0.2) is 34.3 Å². The van der Waals surface area contributed by atoms with Gasteiger partial charge < -0.3 is 15.3 Å². The molecule has 2 aromatic carbocycles. The Labute approximate surface area is 198 Å². The van der Waals surface area contributed by atoms with E-state index in [4.69, 9.17) is 0 Å². The van der Waals surface area contributed by atoms with Crippen LogP contribution < -0.4 is 5.32 Å². The van der Waals surface area contributed by atoms with Gasteiger partial charge in [-0.1, -0.05) is 6.07 Å². The number of anilines is 1. The lowest BCUT2D eigenvalue weighted by Crippen LogP contribution is -2.35. The largest absolute Gasteiger partial charge is 0.478 e. The Morgan fingerprint density at radius 1 is 0.971 bits per heavy atom. The molecule has 4 rings (SSSR count). The van der Waals surface area contributed by atoms with Crippen molar-refractivity contribution in [2.75, 3.05) is 11.9 Å². The highest BCUT2D eigenvalue weighted by Gasteiger charge is 2.33. The number of amides is 2. The van der Waals surface area contributed by atoms with Gasteiger partial charge in [0.25, 0.3) is 11.8 Å². The lowest BCUT2D eigenvalue weighted by atomic mass is 10.0. The van der Waals surface area contributed by atoms with Crippen LogP contribution >= 0.6 is 11.3 Å². The SMILES string of the molecule is O=C(Nc1sc2c(c1C(=O)O)CCN(C(=O)c1ccc(C(F)(F)F)cc1)C2)c1c(F)cccc1F. The molecule has 2 amide bonds. The van der Waals surface area contributed by atoms with Crippen molar-refractivity contribution in [2.45, 2.75) is 19.1 Å². The molecule has 0 fully saturated rings. The molecule has 182 valence electrons. The maximum Gasteiger partial charge on any atom is 0.416 e. The van der Waals surface area contributed by atoms with E-state index in [0.717, 1.165) is 53.8 Å². The Morgan fingerprint density at radius 2 is 1.60 bits per heavy atom. The second-order valence-electron chi connectivity index (χ2n) is 7.62. The third-order valence-electron chi connectivity index (χ3n) is 5.43. The lowest BCUT2D eigenvalue weighted by molar-refractivity contribution is -0.137. The Morgan fingerprint density at radius 3 is 2.17 bits per heavy atom. The molecule has 3 aromatic rings. The smallest absolute Gasteiger partial charge is 0.416 e.